The monoisotopic (exact) mass is 274 g/mol. The number of hydrogen-bond donors (Lipinski definition) is 0. The maximum absolute atomic E-state index is 10.8. The van der Waals surface area contributed by atoms with Gasteiger partial charge >= 0.3 is 0 Å². The third kappa shape index (κ3) is 2.85. The maximum Gasteiger partial charge on any atom is 0.122 e. The van der Waals surface area contributed by atoms with Crippen LogP contribution in [-0.4, -0.2) is 34.1 Å². The van der Waals surface area contributed by atoms with Crippen molar-refractivity contribution in [3.8, 4) is 0 Å². The van der Waals surface area contributed by atoms with Gasteiger partial charge in [0.05, 0.1) is 16.3 Å². The minimum Gasteiger partial charge on any atom is -0.374 e. The molecule has 0 saturated carbocycles. The van der Waals surface area contributed by atoms with E-state index in [9.17, 15) is 4.79 Å². The molecule has 0 aromatic heterocycles. The highest BCUT2D eigenvalue weighted by molar-refractivity contribution is 8.18. The Bertz CT molecular complexity index is 264. The summed E-state index contributed by atoms with van der Waals surface area (Å²) in [6, 6.07) is 0. The molecule has 0 aliphatic carbocycles. The summed E-state index contributed by atoms with van der Waals surface area (Å²) in [7, 11) is 0. The Balaban J connectivity index is 2.14. The van der Waals surface area contributed by atoms with Crippen LogP contribution in [0.3, 0.4) is 0 Å². The quantitative estimate of drug-likeness (QED) is 0.737. The molecule has 0 bridgehead atoms. The summed E-state index contributed by atoms with van der Waals surface area (Å²) >= 11 is 4.22. The molecule has 2 saturated heterocycles. The van der Waals surface area contributed by atoms with Gasteiger partial charge in [-0.2, -0.15) is 0 Å². The predicted octanol–water partition coefficient (Wildman–Crippen LogP) is 3.35. The molecule has 0 aromatic rings. The third-order valence-corrected chi connectivity index (χ3v) is 7.64. The molecule has 0 amide bonds. The average molecular weight is 274 g/mol. The Morgan fingerprint density at radius 2 is 2.12 bits per heavy atom. The first-order valence-corrected chi connectivity index (χ1v) is 8.56. The van der Waals surface area contributed by atoms with Gasteiger partial charge in [0.2, 0.25) is 0 Å². The van der Waals surface area contributed by atoms with E-state index in [4.69, 9.17) is 4.74 Å². The summed E-state index contributed by atoms with van der Waals surface area (Å²) in [5, 5.41) is 0. The lowest BCUT2D eigenvalue weighted by atomic mass is 9.89. The van der Waals surface area contributed by atoms with Crippen LogP contribution < -0.4 is 0 Å². The number of hydrogen-bond acceptors (Lipinski definition) is 4. The molecule has 1 spiro atoms. The number of thioether (sulfide) groups is 2. The van der Waals surface area contributed by atoms with E-state index >= 15 is 0 Å². The Morgan fingerprint density at radius 3 is 2.71 bits per heavy atom. The smallest absolute Gasteiger partial charge is 0.122 e. The van der Waals surface area contributed by atoms with Crippen molar-refractivity contribution in [1.29, 1.82) is 0 Å². The molecule has 2 rings (SSSR count). The highest BCUT2D eigenvalue weighted by atomic mass is 32.2. The van der Waals surface area contributed by atoms with E-state index in [1.807, 2.05) is 0 Å². The Morgan fingerprint density at radius 1 is 1.41 bits per heavy atom. The van der Waals surface area contributed by atoms with Crippen molar-refractivity contribution in [2.75, 3.05) is 11.5 Å². The Labute approximate surface area is 113 Å². The molecule has 17 heavy (non-hydrogen) atoms. The lowest BCUT2D eigenvalue weighted by Gasteiger charge is -2.50. The summed E-state index contributed by atoms with van der Waals surface area (Å²) in [4.78, 5) is 10.8. The van der Waals surface area contributed by atoms with Crippen LogP contribution in [0, 0.1) is 5.92 Å². The van der Waals surface area contributed by atoms with Gasteiger partial charge in [0.1, 0.15) is 6.29 Å². The molecule has 3 atom stereocenters. The Hall–Kier alpha value is 0.330. The first-order chi connectivity index (χ1) is 8.22. The SMILES string of the molecule is CC[C@@H]1CC2(SCCCS2)[C@H](C)[C@H](CC=O)O1. The molecule has 0 N–H and O–H groups in total. The van der Waals surface area contributed by atoms with Crippen LogP contribution in [0.5, 0.6) is 0 Å². The molecule has 98 valence electrons. The van der Waals surface area contributed by atoms with Gasteiger partial charge in [0.15, 0.2) is 0 Å². The van der Waals surface area contributed by atoms with E-state index in [0.717, 1.165) is 19.1 Å². The zero-order valence-corrected chi connectivity index (χ0v) is 12.3. The van der Waals surface area contributed by atoms with Gasteiger partial charge in [0, 0.05) is 12.3 Å². The molecule has 0 radical (unpaired) electrons. The molecule has 2 aliphatic rings. The van der Waals surface area contributed by atoms with Crippen LogP contribution in [-0.2, 0) is 9.53 Å². The molecule has 0 unspecified atom stereocenters. The van der Waals surface area contributed by atoms with E-state index < -0.39 is 0 Å². The average Bonchev–Trinajstić information content (AvgIpc) is 2.36. The van der Waals surface area contributed by atoms with Crippen molar-refractivity contribution in [2.45, 2.75) is 55.8 Å². The van der Waals surface area contributed by atoms with Crippen molar-refractivity contribution in [2.24, 2.45) is 5.92 Å². The summed E-state index contributed by atoms with van der Waals surface area (Å²) in [5.74, 6) is 3.01. The normalized spacial score (nSPS) is 36.9. The molecule has 2 aliphatic heterocycles. The molecule has 2 fully saturated rings. The molecule has 0 aromatic carbocycles. The highest BCUT2D eigenvalue weighted by Gasteiger charge is 2.48. The predicted molar refractivity (Wildman–Crippen MR) is 75.7 cm³/mol. The first kappa shape index (κ1) is 13.8. The topological polar surface area (TPSA) is 26.3 Å². The number of rotatable bonds is 3. The van der Waals surface area contributed by atoms with Gasteiger partial charge < -0.3 is 9.53 Å². The van der Waals surface area contributed by atoms with E-state index in [1.165, 1.54) is 17.9 Å². The number of aldehydes is 1. The lowest BCUT2D eigenvalue weighted by molar-refractivity contribution is -0.118. The second-order valence-electron chi connectivity index (χ2n) is 4.96. The highest BCUT2D eigenvalue weighted by Crippen LogP contribution is 2.55. The number of ether oxygens (including phenoxy) is 1. The summed E-state index contributed by atoms with van der Waals surface area (Å²) in [5.41, 5.74) is 0. The van der Waals surface area contributed by atoms with Crippen LogP contribution in [0.2, 0.25) is 0 Å². The largest absolute Gasteiger partial charge is 0.374 e. The zero-order valence-electron chi connectivity index (χ0n) is 10.7. The van der Waals surface area contributed by atoms with Gasteiger partial charge in [0.25, 0.3) is 0 Å². The van der Waals surface area contributed by atoms with Crippen molar-refractivity contribution in [3.05, 3.63) is 0 Å². The van der Waals surface area contributed by atoms with E-state index in [-0.39, 0.29) is 6.10 Å². The van der Waals surface area contributed by atoms with Crippen LogP contribution in [0.4, 0.5) is 0 Å². The van der Waals surface area contributed by atoms with Gasteiger partial charge in [-0.25, -0.2) is 0 Å². The second kappa shape index (κ2) is 5.98. The lowest BCUT2D eigenvalue weighted by Crippen LogP contribution is -2.49. The fourth-order valence-corrected chi connectivity index (χ4v) is 6.49. The van der Waals surface area contributed by atoms with Crippen molar-refractivity contribution < 1.29 is 9.53 Å². The molecule has 2 nitrogen and oxygen atoms in total. The van der Waals surface area contributed by atoms with E-state index in [2.05, 4.69) is 37.4 Å². The van der Waals surface area contributed by atoms with E-state index in [0.29, 0.717) is 22.5 Å². The van der Waals surface area contributed by atoms with Crippen molar-refractivity contribution in [3.63, 3.8) is 0 Å². The third-order valence-electron chi connectivity index (χ3n) is 3.90. The number of carbonyl (C=O) groups is 1. The molecule has 2 heterocycles. The van der Waals surface area contributed by atoms with Crippen LogP contribution in [0.1, 0.15) is 39.5 Å². The summed E-state index contributed by atoms with van der Waals surface area (Å²) < 4.78 is 6.37. The fourth-order valence-electron chi connectivity index (χ4n) is 2.77. The van der Waals surface area contributed by atoms with Crippen LogP contribution >= 0.6 is 23.5 Å². The molecule has 4 heteroatoms. The molecular formula is C13H22O2S2. The van der Waals surface area contributed by atoms with Crippen LogP contribution in [0.15, 0.2) is 0 Å². The zero-order chi connectivity index (χ0) is 12.3. The van der Waals surface area contributed by atoms with Crippen LogP contribution in [0.25, 0.3) is 0 Å². The van der Waals surface area contributed by atoms with Crippen molar-refractivity contribution in [1.82, 2.24) is 0 Å². The van der Waals surface area contributed by atoms with Gasteiger partial charge in [-0.15, -0.1) is 23.5 Å². The minimum atomic E-state index is 0.129. The minimum absolute atomic E-state index is 0.129. The summed E-state index contributed by atoms with van der Waals surface area (Å²) in [6.07, 6.45) is 5.57. The van der Waals surface area contributed by atoms with E-state index in [1.54, 1.807) is 0 Å². The van der Waals surface area contributed by atoms with Crippen molar-refractivity contribution >= 4 is 29.8 Å². The fraction of sp³-hybridized carbons (Fsp3) is 0.923. The summed E-state index contributed by atoms with van der Waals surface area (Å²) in [6.45, 7) is 4.45. The first-order valence-electron chi connectivity index (χ1n) is 6.59. The Kier molecular flexibility index (Phi) is 4.84. The standard InChI is InChI=1S/C13H22O2S2/c1-3-11-9-13(16-7-4-8-17-13)10(2)12(15-11)5-6-14/h6,10-12H,3-5,7-9H2,1-2H3/t10-,11-,12+/m1/s1. The van der Waals surface area contributed by atoms with Gasteiger partial charge in [-0.05, 0) is 30.8 Å². The van der Waals surface area contributed by atoms with Gasteiger partial charge in [-0.1, -0.05) is 13.8 Å². The molecular weight excluding hydrogens is 252 g/mol. The van der Waals surface area contributed by atoms with Gasteiger partial charge in [-0.3, -0.25) is 0 Å². The number of carbonyl (C=O) groups excluding carboxylic acids is 1. The second-order valence-corrected chi connectivity index (χ2v) is 8.07. The maximum atomic E-state index is 10.8.